The largest absolute Gasteiger partial charge is 0.493 e. The van der Waals surface area contributed by atoms with Gasteiger partial charge in [-0.3, -0.25) is 4.79 Å². The Morgan fingerprint density at radius 1 is 1.16 bits per heavy atom. The molecule has 1 rings (SSSR count). The zero-order valence-electron chi connectivity index (χ0n) is 12.1. The monoisotopic (exact) mass is 263 g/mol. The highest BCUT2D eigenvalue weighted by atomic mass is 16.5. The van der Waals surface area contributed by atoms with Crippen LogP contribution in [0.1, 0.15) is 26.3 Å². The lowest BCUT2D eigenvalue weighted by atomic mass is 10.1. The van der Waals surface area contributed by atoms with E-state index in [1.54, 1.807) is 26.4 Å². The number of hydrogen-bond acceptors (Lipinski definition) is 3. The summed E-state index contributed by atoms with van der Waals surface area (Å²) in [5.41, 5.74) is 0.640. The quantitative estimate of drug-likeness (QED) is 0.849. The molecule has 0 unspecified atom stereocenters. The second-order valence-electron chi connectivity index (χ2n) is 5.19. The highest BCUT2D eigenvalue weighted by Crippen LogP contribution is 2.27. The second-order valence-corrected chi connectivity index (χ2v) is 5.19. The van der Waals surface area contributed by atoms with Crippen molar-refractivity contribution >= 4 is 12.0 Å². The van der Waals surface area contributed by atoms with Gasteiger partial charge in [-0.05, 0) is 44.5 Å². The Kier molecular flexibility index (Phi) is 4.98. The molecule has 1 aromatic rings. The van der Waals surface area contributed by atoms with Crippen molar-refractivity contribution in [2.45, 2.75) is 26.3 Å². The fourth-order valence-corrected chi connectivity index (χ4v) is 1.54. The van der Waals surface area contributed by atoms with E-state index in [9.17, 15) is 4.79 Å². The Balaban J connectivity index is 2.80. The minimum atomic E-state index is -0.237. The van der Waals surface area contributed by atoms with Crippen molar-refractivity contribution in [1.82, 2.24) is 5.32 Å². The minimum absolute atomic E-state index is 0.123. The number of hydrogen-bond donors (Lipinski definition) is 1. The van der Waals surface area contributed by atoms with E-state index >= 15 is 0 Å². The molecule has 0 atom stereocenters. The molecule has 0 aromatic heterocycles. The number of amides is 1. The molecule has 0 aliphatic rings. The van der Waals surface area contributed by atoms with Crippen molar-refractivity contribution < 1.29 is 14.3 Å². The van der Waals surface area contributed by atoms with Gasteiger partial charge in [-0.15, -0.1) is 0 Å². The second kappa shape index (κ2) is 6.27. The van der Waals surface area contributed by atoms with Gasteiger partial charge in [-0.25, -0.2) is 0 Å². The lowest BCUT2D eigenvalue weighted by molar-refractivity contribution is -0.117. The number of nitrogens with one attached hydrogen (secondary N) is 1. The molecule has 0 aliphatic heterocycles. The fraction of sp³-hybridized carbons (Fsp3) is 0.400. The first-order chi connectivity index (χ1) is 8.85. The summed E-state index contributed by atoms with van der Waals surface area (Å²) in [6, 6.07) is 5.49. The molecule has 0 spiro atoms. The van der Waals surface area contributed by atoms with E-state index in [1.807, 2.05) is 32.9 Å². The van der Waals surface area contributed by atoms with Crippen molar-refractivity contribution in [1.29, 1.82) is 0 Å². The summed E-state index contributed by atoms with van der Waals surface area (Å²) in [7, 11) is 3.17. The van der Waals surface area contributed by atoms with Crippen LogP contribution in [0.25, 0.3) is 6.08 Å². The molecule has 0 bridgehead atoms. The van der Waals surface area contributed by atoms with Crippen LogP contribution in [-0.4, -0.2) is 25.7 Å². The normalized spacial score (nSPS) is 11.4. The van der Waals surface area contributed by atoms with Gasteiger partial charge < -0.3 is 14.8 Å². The molecule has 1 amide bonds. The molecule has 0 radical (unpaired) electrons. The summed E-state index contributed by atoms with van der Waals surface area (Å²) in [5.74, 6) is 1.18. The highest BCUT2D eigenvalue weighted by Gasteiger charge is 2.11. The van der Waals surface area contributed by atoms with Gasteiger partial charge in [-0.2, -0.15) is 0 Å². The Morgan fingerprint density at radius 3 is 2.32 bits per heavy atom. The molecule has 1 aromatic carbocycles. The zero-order chi connectivity index (χ0) is 14.5. The number of rotatable bonds is 4. The van der Waals surface area contributed by atoms with Crippen LogP contribution in [0.4, 0.5) is 0 Å². The van der Waals surface area contributed by atoms with Crippen LogP contribution in [0.15, 0.2) is 24.3 Å². The van der Waals surface area contributed by atoms with Crippen LogP contribution in [0, 0.1) is 0 Å². The predicted molar refractivity (Wildman–Crippen MR) is 76.5 cm³/mol. The molecule has 104 valence electrons. The molecule has 4 nitrogen and oxygen atoms in total. The van der Waals surface area contributed by atoms with Crippen LogP contribution < -0.4 is 14.8 Å². The van der Waals surface area contributed by atoms with Gasteiger partial charge in [0.05, 0.1) is 14.2 Å². The van der Waals surface area contributed by atoms with E-state index in [4.69, 9.17) is 9.47 Å². The predicted octanol–water partition coefficient (Wildman–Crippen LogP) is 2.63. The van der Waals surface area contributed by atoms with Crippen molar-refractivity contribution in [2.24, 2.45) is 0 Å². The summed E-state index contributed by atoms with van der Waals surface area (Å²) in [6.45, 7) is 5.82. The minimum Gasteiger partial charge on any atom is -0.493 e. The Morgan fingerprint density at radius 2 is 1.79 bits per heavy atom. The maximum absolute atomic E-state index is 11.7. The average molecular weight is 263 g/mol. The van der Waals surface area contributed by atoms with Crippen molar-refractivity contribution in [3.63, 3.8) is 0 Å². The van der Waals surface area contributed by atoms with Crippen LogP contribution in [0.3, 0.4) is 0 Å². The molecule has 0 fully saturated rings. The van der Waals surface area contributed by atoms with Gasteiger partial charge in [0.15, 0.2) is 11.5 Å². The van der Waals surface area contributed by atoms with Crippen molar-refractivity contribution in [2.75, 3.05) is 14.2 Å². The molecule has 0 heterocycles. The number of benzene rings is 1. The third kappa shape index (κ3) is 5.04. The van der Waals surface area contributed by atoms with Gasteiger partial charge in [0, 0.05) is 11.6 Å². The van der Waals surface area contributed by atoms with E-state index in [2.05, 4.69) is 5.32 Å². The third-order valence-electron chi connectivity index (χ3n) is 2.33. The maximum Gasteiger partial charge on any atom is 0.244 e. The topological polar surface area (TPSA) is 47.6 Å². The average Bonchev–Trinajstić information content (AvgIpc) is 2.33. The molecular weight excluding hydrogens is 242 g/mol. The number of carbonyl (C=O) groups is 1. The molecule has 0 saturated carbocycles. The Labute approximate surface area is 114 Å². The molecule has 0 aliphatic carbocycles. The van der Waals surface area contributed by atoms with Crippen molar-refractivity contribution in [3.8, 4) is 11.5 Å². The van der Waals surface area contributed by atoms with Crippen LogP contribution in [0.5, 0.6) is 11.5 Å². The molecule has 1 N–H and O–H groups in total. The van der Waals surface area contributed by atoms with Crippen LogP contribution in [-0.2, 0) is 4.79 Å². The zero-order valence-corrected chi connectivity index (χ0v) is 12.1. The Hall–Kier alpha value is -1.97. The highest BCUT2D eigenvalue weighted by molar-refractivity contribution is 5.92. The van der Waals surface area contributed by atoms with Crippen molar-refractivity contribution in [3.05, 3.63) is 29.8 Å². The number of carbonyl (C=O) groups excluding carboxylic acids is 1. The first-order valence-electron chi connectivity index (χ1n) is 6.08. The molecular formula is C15H21NO3. The fourth-order valence-electron chi connectivity index (χ4n) is 1.54. The van der Waals surface area contributed by atoms with Gasteiger partial charge in [0.2, 0.25) is 5.91 Å². The summed E-state index contributed by atoms with van der Waals surface area (Å²) < 4.78 is 10.4. The SMILES string of the molecule is COc1ccc(/C=C/C(=O)NC(C)(C)C)cc1OC. The summed E-state index contributed by atoms with van der Waals surface area (Å²) in [4.78, 5) is 11.7. The van der Waals surface area contributed by atoms with Gasteiger partial charge in [-0.1, -0.05) is 6.07 Å². The first-order valence-corrected chi connectivity index (χ1v) is 6.08. The van der Waals surface area contributed by atoms with Gasteiger partial charge >= 0.3 is 0 Å². The third-order valence-corrected chi connectivity index (χ3v) is 2.33. The molecule has 4 heteroatoms. The van der Waals surface area contributed by atoms with Gasteiger partial charge in [0.1, 0.15) is 0 Å². The van der Waals surface area contributed by atoms with E-state index in [0.29, 0.717) is 11.5 Å². The summed E-state index contributed by atoms with van der Waals surface area (Å²) in [6.07, 6.45) is 3.25. The summed E-state index contributed by atoms with van der Waals surface area (Å²) >= 11 is 0. The van der Waals surface area contributed by atoms with E-state index in [0.717, 1.165) is 5.56 Å². The van der Waals surface area contributed by atoms with E-state index in [1.165, 1.54) is 6.08 Å². The van der Waals surface area contributed by atoms with Gasteiger partial charge in [0.25, 0.3) is 0 Å². The smallest absolute Gasteiger partial charge is 0.244 e. The molecule has 19 heavy (non-hydrogen) atoms. The number of methoxy groups -OCH3 is 2. The van der Waals surface area contributed by atoms with Crippen LogP contribution >= 0.6 is 0 Å². The van der Waals surface area contributed by atoms with E-state index in [-0.39, 0.29) is 11.4 Å². The Bertz CT molecular complexity index is 473. The van der Waals surface area contributed by atoms with Crippen LogP contribution in [0.2, 0.25) is 0 Å². The first kappa shape index (κ1) is 15.1. The summed E-state index contributed by atoms with van der Waals surface area (Å²) in [5, 5.41) is 2.86. The van der Waals surface area contributed by atoms with E-state index < -0.39 is 0 Å². The number of ether oxygens (including phenoxy) is 2. The lowest BCUT2D eigenvalue weighted by Gasteiger charge is -2.18. The standard InChI is InChI=1S/C15H21NO3/c1-15(2,3)16-14(17)9-7-11-6-8-12(18-4)13(10-11)19-5/h6-10H,1-5H3,(H,16,17)/b9-7+. The maximum atomic E-state index is 11.7. The molecule has 0 saturated heterocycles. The lowest BCUT2D eigenvalue weighted by Crippen LogP contribution is -2.39.